The van der Waals surface area contributed by atoms with Crippen LogP contribution in [-0.2, 0) is 10.0 Å². The Labute approximate surface area is 80.8 Å². The minimum Gasteiger partial charge on any atom is -0.399 e. The number of fused-ring (bicyclic) bond motifs is 1. The van der Waals surface area contributed by atoms with E-state index in [1.54, 1.807) is 18.2 Å². The lowest BCUT2D eigenvalue weighted by molar-refractivity contribution is 0.598. The van der Waals surface area contributed by atoms with Crippen LogP contribution < -0.4 is 10.9 Å². The fourth-order valence-electron chi connectivity index (χ4n) is 1.35. The van der Waals surface area contributed by atoms with Crippen molar-refractivity contribution in [3.05, 3.63) is 24.4 Å². The summed E-state index contributed by atoms with van der Waals surface area (Å²) in [5.74, 6) is 0. The summed E-state index contributed by atoms with van der Waals surface area (Å²) >= 11 is 0. The lowest BCUT2D eigenvalue weighted by atomic mass is 10.2. The van der Waals surface area contributed by atoms with Crippen molar-refractivity contribution in [3.8, 4) is 0 Å². The summed E-state index contributed by atoms with van der Waals surface area (Å²) in [4.78, 5) is 2.88. The number of hydrogen-bond acceptors (Lipinski definition) is 3. The molecule has 0 atom stereocenters. The fraction of sp³-hybridized carbons (Fsp3) is 0. The van der Waals surface area contributed by atoms with Crippen molar-refractivity contribution in [3.63, 3.8) is 0 Å². The van der Waals surface area contributed by atoms with Gasteiger partial charge in [0.25, 0.3) is 0 Å². The highest BCUT2D eigenvalue weighted by atomic mass is 32.2. The van der Waals surface area contributed by atoms with Gasteiger partial charge >= 0.3 is 0 Å². The third-order valence-corrected chi connectivity index (χ3v) is 2.93. The van der Waals surface area contributed by atoms with E-state index in [9.17, 15) is 8.42 Å². The molecule has 0 saturated carbocycles. The number of aromatic amines is 1. The molecule has 74 valence electrons. The van der Waals surface area contributed by atoms with E-state index in [2.05, 4.69) is 4.98 Å². The standard InChI is InChI=1S/C8H9N3O2S/c9-5-1-2-7-6(3-5)8(4-11-7)14(10,12)13/h1-4,11H,9H2,(H2,10,12,13). The van der Waals surface area contributed by atoms with Gasteiger partial charge in [-0.1, -0.05) is 0 Å². The van der Waals surface area contributed by atoms with Gasteiger partial charge in [0.15, 0.2) is 0 Å². The maximum absolute atomic E-state index is 11.1. The number of H-pyrrole nitrogens is 1. The summed E-state index contributed by atoms with van der Waals surface area (Å²) in [5.41, 5.74) is 6.74. The average molecular weight is 211 g/mol. The second kappa shape index (κ2) is 2.73. The van der Waals surface area contributed by atoms with Gasteiger partial charge in [-0.05, 0) is 18.2 Å². The third kappa shape index (κ3) is 1.34. The molecule has 0 bridgehead atoms. The molecule has 0 spiro atoms. The number of nitrogen functional groups attached to an aromatic ring is 1. The maximum Gasteiger partial charge on any atom is 0.240 e. The van der Waals surface area contributed by atoms with E-state index in [1.807, 2.05) is 0 Å². The van der Waals surface area contributed by atoms with Crippen molar-refractivity contribution >= 4 is 26.6 Å². The molecule has 6 heteroatoms. The van der Waals surface area contributed by atoms with Gasteiger partial charge in [-0.3, -0.25) is 0 Å². The Kier molecular flexibility index (Phi) is 1.76. The predicted molar refractivity (Wildman–Crippen MR) is 54.1 cm³/mol. The second-order valence-electron chi connectivity index (χ2n) is 3.00. The van der Waals surface area contributed by atoms with Crippen molar-refractivity contribution in [1.29, 1.82) is 0 Å². The summed E-state index contributed by atoms with van der Waals surface area (Å²) in [5, 5.41) is 5.55. The van der Waals surface area contributed by atoms with Crippen LogP contribution in [-0.4, -0.2) is 13.4 Å². The Morgan fingerprint density at radius 2 is 2.00 bits per heavy atom. The van der Waals surface area contributed by atoms with Crippen LogP contribution in [0.1, 0.15) is 0 Å². The highest BCUT2D eigenvalue weighted by Crippen LogP contribution is 2.23. The van der Waals surface area contributed by atoms with Crippen molar-refractivity contribution < 1.29 is 8.42 Å². The molecule has 5 nitrogen and oxygen atoms in total. The first-order valence-corrected chi connectivity index (χ1v) is 5.42. The minimum absolute atomic E-state index is 0.0693. The van der Waals surface area contributed by atoms with E-state index in [-0.39, 0.29) is 4.90 Å². The molecular weight excluding hydrogens is 202 g/mol. The lowest BCUT2D eigenvalue weighted by Crippen LogP contribution is -2.11. The number of primary sulfonamides is 1. The van der Waals surface area contributed by atoms with Gasteiger partial charge in [0, 0.05) is 22.8 Å². The molecule has 2 aromatic rings. The number of aromatic nitrogens is 1. The van der Waals surface area contributed by atoms with Crippen LogP contribution in [0, 0.1) is 0 Å². The maximum atomic E-state index is 11.1. The zero-order valence-corrected chi connectivity index (χ0v) is 8.01. The molecule has 1 heterocycles. The molecule has 14 heavy (non-hydrogen) atoms. The average Bonchev–Trinajstić information content (AvgIpc) is 2.45. The zero-order chi connectivity index (χ0) is 10.3. The van der Waals surface area contributed by atoms with Gasteiger partial charge in [-0.15, -0.1) is 0 Å². The molecule has 0 unspecified atom stereocenters. The van der Waals surface area contributed by atoms with Gasteiger partial charge in [0.2, 0.25) is 10.0 Å². The van der Waals surface area contributed by atoms with E-state index in [1.165, 1.54) is 6.20 Å². The molecule has 1 aromatic heterocycles. The summed E-state index contributed by atoms with van der Waals surface area (Å²) < 4.78 is 22.3. The van der Waals surface area contributed by atoms with Crippen molar-refractivity contribution in [2.45, 2.75) is 4.90 Å². The van der Waals surface area contributed by atoms with Gasteiger partial charge in [0.05, 0.1) is 0 Å². The van der Waals surface area contributed by atoms with E-state index in [4.69, 9.17) is 10.9 Å². The minimum atomic E-state index is -3.69. The number of hydrogen-bond donors (Lipinski definition) is 3. The van der Waals surface area contributed by atoms with Crippen LogP contribution in [0.25, 0.3) is 10.9 Å². The Balaban J connectivity index is 2.87. The van der Waals surface area contributed by atoms with Gasteiger partial charge in [-0.25, -0.2) is 13.6 Å². The first-order chi connectivity index (χ1) is 6.48. The largest absolute Gasteiger partial charge is 0.399 e. The second-order valence-corrected chi connectivity index (χ2v) is 4.53. The first-order valence-electron chi connectivity index (χ1n) is 3.88. The Morgan fingerprint density at radius 3 is 2.64 bits per heavy atom. The van der Waals surface area contributed by atoms with Crippen LogP contribution in [0.4, 0.5) is 5.69 Å². The number of anilines is 1. The predicted octanol–water partition coefficient (Wildman–Crippen LogP) is 0.397. The van der Waals surface area contributed by atoms with Crippen LogP contribution in [0.3, 0.4) is 0 Å². The Morgan fingerprint density at radius 1 is 1.29 bits per heavy atom. The SMILES string of the molecule is Nc1ccc2[nH]cc(S(N)(=O)=O)c2c1. The summed E-state index contributed by atoms with van der Waals surface area (Å²) in [6.07, 6.45) is 1.36. The molecule has 0 aliphatic carbocycles. The van der Waals surface area contributed by atoms with Crippen molar-refractivity contribution in [1.82, 2.24) is 4.98 Å². The molecular formula is C8H9N3O2S. The van der Waals surface area contributed by atoms with Crippen molar-refractivity contribution in [2.24, 2.45) is 5.14 Å². The number of nitrogens with two attached hydrogens (primary N) is 2. The van der Waals surface area contributed by atoms with E-state index < -0.39 is 10.0 Å². The van der Waals surface area contributed by atoms with E-state index in [0.29, 0.717) is 16.6 Å². The van der Waals surface area contributed by atoms with Gasteiger partial charge in [0.1, 0.15) is 4.90 Å². The highest BCUT2D eigenvalue weighted by molar-refractivity contribution is 7.89. The molecule has 0 saturated heterocycles. The number of nitrogens with one attached hydrogen (secondary N) is 1. The Hall–Kier alpha value is -1.53. The molecule has 0 aliphatic rings. The molecule has 5 N–H and O–H groups in total. The number of rotatable bonds is 1. The fourth-order valence-corrected chi connectivity index (χ4v) is 2.05. The van der Waals surface area contributed by atoms with Gasteiger partial charge < -0.3 is 10.7 Å². The van der Waals surface area contributed by atoms with E-state index in [0.717, 1.165) is 0 Å². The zero-order valence-electron chi connectivity index (χ0n) is 7.19. The van der Waals surface area contributed by atoms with Crippen LogP contribution >= 0.6 is 0 Å². The Bertz CT molecular complexity index is 586. The molecule has 2 rings (SSSR count). The van der Waals surface area contributed by atoms with Crippen molar-refractivity contribution in [2.75, 3.05) is 5.73 Å². The first kappa shape index (κ1) is 9.04. The molecule has 0 fully saturated rings. The molecule has 0 radical (unpaired) electrons. The van der Waals surface area contributed by atoms with Crippen LogP contribution in [0.2, 0.25) is 0 Å². The summed E-state index contributed by atoms with van der Waals surface area (Å²) in [6.45, 7) is 0. The van der Waals surface area contributed by atoms with E-state index >= 15 is 0 Å². The smallest absolute Gasteiger partial charge is 0.240 e. The monoisotopic (exact) mass is 211 g/mol. The molecule has 0 aliphatic heterocycles. The third-order valence-electron chi connectivity index (χ3n) is 1.97. The van der Waals surface area contributed by atoms with Crippen LogP contribution in [0.15, 0.2) is 29.3 Å². The summed E-state index contributed by atoms with van der Waals surface area (Å²) in [6, 6.07) is 4.97. The number of sulfonamides is 1. The quantitative estimate of drug-likeness (QED) is 0.595. The van der Waals surface area contributed by atoms with Crippen LogP contribution in [0.5, 0.6) is 0 Å². The normalized spacial score (nSPS) is 12.1. The number of benzene rings is 1. The lowest BCUT2D eigenvalue weighted by Gasteiger charge is -1.96. The van der Waals surface area contributed by atoms with Gasteiger partial charge in [-0.2, -0.15) is 0 Å². The topological polar surface area (TPSA) is 102 Å². The highest BCUT2D eigenvalue weighted by Gasteiger charge is 2.13. The molecule has 0 amide bonds. The summed E-state index contributed by atoms with van der Waals surface area (Å²) in [7, 11) is -3.69. The molecule has 1 aromatic carbocycles.